The number of hydrogen-bond acceptors (Lipinski definition) is 7. The van der Waals surface area contributed by atoms with Crippen molar-refractivity contribution in [1.82, 2.24) is 9.97 Å². The molecule has 2 aromatic rings. The van der Waals surface area contributed by atoms with Gasteiger partial charge in [0.05, 0.1) is 32.2 Å². The summed E-state index contributed by atoms with van der Waals surface area (Å²) >= 11 is 0. The predicted octanol–water partition coefficient (Wildman–Crippen LogP) is 2.94. The van der Waals surface area contributed by atoms with Gasteiger partial charge in [-0.1, -0.05) is 13.8 Å². The van der Waals surface area contributed by atoms with Crippen LogP contribution in [0.4, 0.5) is 0 Å². The second-order valence-corrected chi connectivity index (χ2v) is 7.59. The number of pyridine rings is 2. The van der Waals surface area contributed by atoms with Crippen LogP contribution in [0.25, 0.3) is 11.4 Å². The molecule has 0 saturated heterocycles. The first-order valence-electron chi connectivity index (χ1n) is 9.96. The average Bonchev–Trinajstić information content (AvgIpc) is 2.74. The highest BCUT2D eigenvalue weighted by Gasteiger charge is 2.32. The molecule has 2 heterocycles. The number of nitrogens with one attached hydrogen (secondary N) is 1. The quantitative estimate of drug-likeness (QED) is 0.522. The SMILES string of the molecule is COCCCOc1cc2c(nc1OC)-c1[nH]c(=O)c(C(=O)OC)cc1C(C(C)C)C2. The third-order valence-electron chi connectivity index (χ3n) is 5.34. The Morgan fingerprint density at radius 1 is 1.23 bits per heavy atom. The molecule has 0 radical (unpaired) electrons. The van der Waals surface area contributed by atoms with E-state index in [1.54, 1.807) is 13.2 Å². The fraction of sp³-hybridized carbons (Fsp3) is 0.500. The van der Waals surface area contributed by atoms with E-state index in [4.69, 9.17) is 18.9 Å². The van der Waals surface area contributed by atoms with Gasteiger partial charge in [0.25, 0.3) is 11.4 Å². The number of carbonyl (C=O) groups is 1. The van der Waals surface area contributed by atoms with Crippen molar-refractivity contribution in [2.75, 3.05) is 34.5 Å². The first kappa shape index (κ1) is 21.8. The normalized spacial score (nSPS) is 14.8. The van der Waals surface area contributed by atoms with Crippen molar-refractivity contribution >= 4 is 5.97 Å². The van der Waals surface area contributed by atoms with Gasteiger partial charge in [0, 0.05) is 20.1 Å². The topological polar surface area (TPSA) is 99.7 Å². The van der Waals surface area contributed by atoms with E-state index in [2.05, 4.69) is 23.8 Å². The smallest absolute Gasteiger partial charge is 0.343 e. The van der Waals surface area contributed by atoms with Crippen molar-refractivity contribution < 1.29 is 23.7 Å². The van der Waals surface area contributed by atoms with Crippen molar-refractivity contribution in [1.29, 1.82) is 0 Å². The van der Waals surface area contributed by atoms with Crippen LogP contribution in [0.1, 0.15) is 47.7 Å². The number of aromatic amines is 1. The third kappa shape index (κ3) is 4.18. The van der Waals surface area contributed by atoms with Crippen molar-refractivity contribution in [3.63, 3.8) is 0 Å². The predicted molar refractivity (Wildman–Crippen MR) is 111 cm³/mol. The highest BCUT2D eigenvalue weighted by Crippen LogP contribution is 2.43. The standard InChI is InChI=1S/C22H28N2O6/c1-12(2)14-9-13-10-17(30-8-6-7-27-3)21(28-4)24-18(13)19-15(14)11-16(20(25)23-19)22(26)29-5/h10-12,14H,6-9H2,1-5H3,(H,23,25). The number of esters is 1. The molecule has 1 aliphatic carbocycles. The largest absolute Gasteiger partial charge is 0.488 e. The van der Waals surface area contributed by atoms with Crippen LogP contribution in [0.15, 0.2) is 16.9 Å². The van der Waals surface area contributed by atoms with Gasteiger partial charge in [0.15, 0.2) is 5.75 Å². The molecule has 0 amide bonds. The Labute approximate surface area is 175 Å². The first-order chi connectivity index (χ1) is 14.4. The molecule has 1 unspecified atom stereocenters. The van der Waals surface area contributed by atoms with Gasteiger partial charge in [-0.2, -0.15) is 0 Å². The molecule has 162 valence electrons. The molecule has 0 bridgehead atoms. The lowest BCUT2D eigenvalue weighted by Gasteiger charge is -2.30. The fourth-order valence-corrected chi connectivity index (χ4v) is 3.76. The van der Waals surface area contributed by atoms with E-state index in [9.17, 15) is 9.59 Å². The Bertz CT molecular complexity index is 982. The molecular weight excluding hydrogens is 388 g/mol. The summed E-state index contributed by atoms with van der Waals surface area (Å²) in [7, 11) is 4.44. The van der Waals surface area contributed by atoms with E-state index < -0.39 is 11.5 Å². The highest BCUT2D eigenvalue weighted by atomic mass is 16.5. The van der Waals surface area contributed by atoms with Gasteiger partial charge in [-0.15, -0.1) is 0 Å². The third-order valence-corrected chi connectivity index (χ3v) is 5.34. The molecule has 30 heavy (non-hydrogen) atoms. The minimum atomic E-state index is -0.655. The number of aromatic nitrogens is 2. The van der Waals surface area contributed by atoms with Crippen LogP contribution < -0.4 is 15.0 Å². The number of H-pyrrole nitrogens is 1. The van der Waals surface area contributed by atoms with E-state index in [0.717, 1.165) is 17.5 Å². The summed E-state index contributed by atoms with van der Waals surface area (Å²) in [5.74, 6) is 0.633. The summed E-state index contributed by atoms with van der Waals surface area (Å²) < 4.78 is 21.1. The molecule has 2 aromatic heterocycles. The zero-order chi connectivity index (χ0) is 21.8. The molecule has 0 aromatic carbocycles. The average molecular weight is 416 g/mol. The maximum Gasteiger partial charge on any atom is 0.343 e. The summed E-state index contributed by atoms with van der Waals surface area (Å²) in [4.78, 5) is 32.1. The lowest BCUT2D eigenvalue weighted by Crippen LogP contribution is -2.26. The zero-order valence-corrected chi connectivity index (χ0v) is 18.0. The molecule has 1 atom stereocenters. The maximum absolute atomic E-state index is 12.6. The number of methoxy groups -OCH3 is 3. The molecule has 0 saturated carbocycles. The van der Waals surface area contributed by atoms with Gasteiger partial charge in [0.1, 0.15) is 5.56 Å². The number of fused-ring (bicyclic) bond motifs is 3. The van der Waals surface area contributed by atoms with Gasteiger partial charge >= 0.3 is 5.97 Å². The molecule has 0 fully saturated rings. The van der Waals surface area contributed by atoms with Crippen molar-refractivity contribution in [2.24, 2.45) is 5.92 Å². The van der Waals surface area contributed by atoms with Crippen molar-refractivity contribution in [3.05, 3.63) is 39.2 Å². The van der Waals surface area contributed by atoms with E-state index in [0.29, 0.717) is 42.7 Å². The Balaban J connectivity index is 2.10. The van der Waals surface area contributed by atoms with Crippen LogP contribution in [0.2, 0.25) is 0 Å². The zero-order valence-electron chi connectivity index (χ0n) is 18.0. The van der Waals surface area contributed by atoms with Crippen LogP contribution in [-0.4, -0.2) is 50.5 Å². The maximum atomic E-state index is 12.6. The van der Waals surface area contributed by atoms with Crippen LogP contribution in [-0.2, 0) is 15.9 Å². The van der Waals surface area contributed by atoms with Gasteiger partial charge in [-0.25, -0.2) is 9.78 Å². The van der Waals surface area contributed by atoms with Gasteiger partial charge in [0.2, 0.25) is 0 Å². The van der Waals surface area contributed by atoms with Crippen LogP contribution in [0.3, 0.4) is 0 Å². The summed E-state index contributed by atoms with van der Waals surface area (Å²) in [6, 6.07) is 3.57. The molecular formula is C22H28N2O6. The number of rotatable bonds is 8. The van der Waals surface area contributed by atoms with E-state index in [-0.39, 0.29) is 17.4 Å². The number of ether oxygens (including phenoxy) is 4. The van der Waals surface area contributed by atoms with E-state index in [1.165, 1.54) is 14.2 Å². The van der Waals surface area contributed by atoms with Crippen LogP contribution in [0, 0.1) is 5.92 Å². The van der Waals surface area contributed by atoms with Crippen molar-refractivity contribution in [2.45, 2.75) is 32.6 Å². The van der Waals surface area contributed by atoms with E-state index in [1.807, 2.05) is 6.07 Å². The molecule has 0 spiro atoms. The number of hydrogen-bond donors (Lipinski definition) is 1. The summed E-state index contributed by atoms with van der Waals surface area (Å²) in [6.45, 7) is 5.31. The monoisotopic (exact) mass is 416 g/mol. The fourth-order valence-electron chi connectivity index (χ4n) is 3.76. The minimum Gasteiger partial charge on any atom is -0.488 e. The lowest BCUT2D eigenvalue weighted by atomic mass is 9.77. The number of carbonyl (C=O) groups excluding carboxylic acids is 1. The minimum absolute atomic E-state index is 0.00425. The summed E-state index contributed by atoms with van der Waals surface area (Å²) in [5.41, 5.74) is 2.58. The first-order valence-corrected chi connectivity index (χ1v) is 9.96. The Morgan fingerprint density at radius 3 is 2.63 bits per heavy atom. The van der Waals surface area contributed by atoms with E-state index >= 15 is 0 Å². The molecule has 3 rings (SSSR count). The molecule has 1 aliphatic rings. The number of nitrogens with zero attached hydrogens (tertiary/aromatic N) is 1. The van der Waals surface area contributed by atoms with Crippen LogP contribution >= 0.6 is 0 Å². The Hall–Kier alpha value is -2.87. The van der Waals surface area contributed by atoms with Crippen molar-refractivity contribution in [3.8, 4) is 23.0 Å². The molecule has 1 N–H and O–H groups in total. The molecule has 0 aliphatic heterocycles. The van der Waals surface area contributed by atoms with Gasteiger partial charge in [-0.3, -0.25) is 4.79 Å². The molecule has 8 nitrogen and oxygen atoms in total. The van der Waals surface area contributed by atoms with Crippen LogP contribution in [0.5, 0.6) is 11.6 Å². The Kier molecular flexibility index (Phi) is 6.77. The highest BCUT2D eigenvalue weighted by molar-refractivity contribution is 5.90. The lowest BCUT2D eigenvalue weighted by molar-refractivity contribution is 0.0598. The summed E-state index contributed by atoms with van der Waals surface area (Å²) in [5, 5.41) is 0. The second-order valence-electron chi connectivity index (χ2n) is 7.59. The van der Waals surface area contributed by atoms with Gasteiger partial charge < -0.3 is 23.9 Å². The summed E-state index contributed by atoms with van der Waals surface area (Å²) in [6.07, 6.45) is 1.45. The van der Waals surface area contributed by atoms with Gasteiger partial charge in [-0.05, 0) is 41.5 Å². The molecule has 8 heteroatoms. The second kappa shape index (κ2) is 9.30. The Morgan fingerprint density at radius 2 is 2.00 bits per heavy atom.